The SMILES string of the molecule is C[Si](C)(C)OC(=C(F)F)c1cccs1. The Morgan fingerprint density at radius 1 is 1.36 bits per heavy atom. The van der Waals surface area contributed by atoms with Crippen molar-refractivity contribution < 1.29 is 13.2 Å². The summed E-state index contributed by atoms with van der Waals surface area (Å²) in [6.07, 6.45) is -1.74. The first kappa shape index (κ1) is 11.4. The highest BCUT2D eigenvalue weighted by atomic mass is 32.1. The third kappa shape index (κ3) is 3.23. The van der Waals surface area contributed by atoms with E-state index in [4.69, 9.17) is 4.43 Å². The largest absolute Gasteiger partial charge is 0.540 e. The average molecular weight is 234 g/mol. The van der Waals surface area contributed by atoms with Gasteiger partial charge in [0.1, 0.15) is 0 Å². The molecule has 1 aromatic rings. The lowest BCUT2D eigenvalue weighted by Gasteiger charge is -2.20. The third-order valence-corrected chi connectivity index (χ3v) is 3.01. The first-order valence-corrected chi connectivity index (χ1v) is 8.47. The van der Waals surface area contributed by atoms with Crippen molar-refractivity contribution in [1.82, 2.24) is 0 Å². The van der Waals surface area contributed by atoms with Crippen LogP contribution in [0.1, 0.15) is 4.88 Å². The van der Waals surface area contributed by atoms with Gasteiger partial charge in [-0.2, -0.15) is 8.78 Å². The Hall–Kier alpha value is -0.683. The topological polar surface area (TPSA) is 9.23 Å². The zero-order valence-electron chi connectivity index (χ0n) is 8.30. The van der Waals surface area contributed by atoms with Crippen LogP contribution >= 0.6 is 11.3 Å². The van der Waals surface area contributed by atoms with Crippen LogP contribution < -0.4 is 0 Å². The fourth-order valence-corrected chi connectivity index (χ4v) is 2.46. The summed E-state index contributed by atoms with van der Waals surface area (Å²) in [4.78, 5) is 0.493. The molecule has 0 spiro atoms. The summed E-state index contributed by atoms with van der Waals surface area (Å²) in [5.74, 6) is -0.251. The Morgan fingerprint density at radius 3 is 2.36 bits per heavy atom. The molecule has 1 nitrogen and oxygen atoms in total. The first-order chi connectivity index (χ1) is 6.40. The Kier molecular flexibility index (Phi) is 3.44. The second kappa shape index (κ2) is 4.23. The van der Waals surface area contributed by atoms with Crippen molar-refractivity contribution in [3.8, 4) is 0 Å². The van der Waals surface area contributed by atoms with E-state index >= 15 is 0 Å². The van der Waals surface area contributed by atoms with Crippen molar-refractivity contribution in [2.24, 2.45) is 0 Å². The zero-order chi connectivity index (χ0) is 10.8. The number of rotatable bonds is 3. The fourth-order valence-electron chi connectivity index (χ4n) is 0.896. The number of halogens is 2. The highest BCUT2D eigenvalue weighted by Gasteiger charge is 2.22. The monoisotopic (exact) mass is 234 g/mol. The molecule has 0 aromatic carbocycles. The summed E-state index contributed by atoms with van der Waals surface area (Å²) in [6, 6.07) is 3.37. The maximum absolute atomic E-state index is 12.6. The van der Waals surface area contributed by atoms with Crippen molar-refractivity contribution in [2.45, 2.75) is 19.6 Å². The molecule has 0 aliphatic heterocycles. The molecule has 1 heterocycles. The molecule has 0 radical (unpaired) electrons. The average Bonchev–Trinajstić information content (AvgIpc) is 2.49. The summed E-state index contributed by atoms with van der Waals surface area (Å²) in [6.45, 7) is 5.64. The van der Waals surface area contributed by atoms with Gasteiger partial charge in [0.2, 0.25) is 8.32 Å². The summed E-state index contributed by atoms with van der Waals surface area (Å²) in [5, 5.41) is 1.76. The van der Waals surface area contributed by atoms with E-state index in [0.717, 1.165) is 0 Å². The van der Waals surface area contributed by atoms with Crippen molar-refractivity contribution in [3.05, 3.63) is 28.5 Å². The van der Waals surface area contributed by atoms with Crippen LogP contribution in [0.25, 0.3) is 5.76 Å². The summed E-state index contributed by atoms with van der Waals surface area (Å²) < 4.78 is 30.5. The fraction of sp³-hybridized carbons (Fsp3) is 0.333. The molecule has 5 heteroatoms. The van der Waals surface area contributed by atoms with E-state index in [1.54, 1.807) is 17.5 Å². The lowest BCUT2D eigenvalue weighted by atomic mass is 10.4. The molecule has 0 saturated heterocycles. The van der Waals surface area contributed by atoms with Gasteiger partial charge in [-0.05, 0) is 31.1 Å². The molecule has 0 amide bonds. The van der Waals surface area contributed by atoms with Crippen LogP contribution in [-0.2, 0) is 4.43 Å². The Morgan fingerprint density at radius 2 is 2.00 bits per heavy atom. The molecule has 0 atom stereocenters. The molecule has 0 aliphatic rings. The Bertz CT molecular complexity index is 323. The third-order valence-electron chi connectivity index (χ3n) is 1.32. The summed E-state index contributed by atoms with van der Waals surface area (Å²) >= 11 is 1.26. The number of hydrogen-bond donors (Lipinski definition) is 0. The van der Waals surface area contributed by atoms with E-state index in [1.807, 2.05) is 19.6 Å². The predicted octanol–water partition coefficient (Wildman–Crippen LogP) is 4.16. The van der Waals surface area contributed by atoms with Gasteiger partial charge in [0, 0.05) is 0 Å². The van der Waals surface area contributed by atoms with E-state index in [9.17, 15) is 8.78 Å². The summed E-state index contributed by atoms with van der Waals surface area (Å²) in [5.41, 5.74) is 0. The van der Waals surface area contributed by atoms with Crippen molar-refractivity contribution in [2.75, 3.05) is 0 Å². The minimum Gasteiger partial charge on any atom is -0.540 e. The second-order valence-corrected chi connectivity index (χ2v) is 9.16. The van der Waals surface area contributed by atoms with E-state index in [-0.39, 0.29) is 5.76 Å². The van der Waals surface area contributed by atoms with Crippen LogP contribution in [0.5, 0.6) is 0 Å². The van der Waals surface area contributed by atoms with Gasteiger partial charge in [-0.1, -0.05) is 6.07 Å². The molecule has 0 bridgehead atoms. The Labute approximate surface area is 87.2 Å². The van der Waals surface area contributed by atoms with Gasteiger partial charge >= 0.3 is 6.08 Å². The second-order valence-electron chi connectivity index (χ2n) is 3.78. The molecular formula is C9H12F2OSSi. The van der Waals surface area contributed by atoms with Gasteiger partial charge in [-0.3, -0.25) is 0 Å². The van der Waals surface area contributed by atoms with Crippen molar-refractivity contribution >= 4 is 25.4 Å². The molecule has 0 fully saturated rings. The minimum atomic E-state index is -1.97. The van der Waals surface area contributed by atoms with Gasteiger partial charge in [0.05, 0.1) is 4.88 Å². The predicted molar refractivity (Wildman–Crippen MR) is 57.9 cm³/mol. The van der Waals surface area contributed by atoms with E-state index in [2.05, 4.69) is 0 Å². The zero-order valence-corrected chi connectivity index (χ0v) is 10.1. The molecule has 0 N–H and O–H groups in total. The van der Waals surface area contributed by atoms with Gasteiger partial charge in [-0.25, -0.2) is 0 Å². The first-order valence-electron chi connectivity index (χ1n) is 4.18. The van der Waals surface area contributed by atoms with Gasteiger partial charge in [-0.15, -0.1) is 11.3 Å². The van der Waals surface area contributed by atoms with Crippen molar-refractivity contribution in [3.63, 3.8) is 0 Å². The number of thiophene rings is 1. The van der Waals surface area contributed by atoms with Crippen LogP contribution in [0.2, 0.25) is 19.6 Å². The number of hydrogen-bond acceptors (Lipinski definition) is 2. The maximum atomic E-state index is 12.6. The standard InChI is InChI=1S/C9H12F2OSSi/c1-14(2,3)12-8(9(10)11)7-5-4-6-13-7/h4-6H,1-3H3. The molecule has 0 aliphatic carbocycles. The molecule has 0 saturated carbocycles. The van der Waals surface area contributed by atoms with Gasteiger partial charge in [0.25, 0.3) is 0 Å². The van der Waals surface area contributed by atoms with Gasteiger partial charge in [0.15, 0.2) is 5.76 Å². The van der Waals surface area contributed by atoms with E-state index < -0.39 is 14.4 Å². The van der Waals surface area contributed by atoms with Crippen LogP contribution in [0.15, 0.2) is 23.6 Å². The van der Waals surface area contributed by atoms with Crippen molar-refractivity contribution in [1.29, 1.82) is 0 Å². The van der Waals surface area contributed by atoms with Crippen LogP contribution in [0.3, 0.4) is 0 Å². The quantitative estimate of drug-likeness (QED) is 0.563. The highest BCUT2D eigenvalue weighted by molar-refractivity contribution is 7.11. The molecule has 78 valence electrons. The van der Waals surface area contributed by atoms with Gasteiger partial charge < -0.3 is 4.43 Å². The Balaban J connectivity index is 2.95. The minimum absolute atomic E-state index is 0.251. The van der Waals surface area contributed by atoms with E-state index in [0.29, 0.717) is 4.88 Å². The van der Waals surface area contributed by atoms with Crippen LogP contribution in [0.4, 0.5) is 8.78 Å². The van der Waals surface area contributed by atoms with E-state index in [1.165, 1.54) is 11.3 Å². The molecule has 0 unspecified atom stereocenters. The molecular weight excluding hydrogens is 222 g/mol. The lowest BCUT2D eigenvalue weighted by Crippen LogP contribution is -2.24. The van der Waals surface area contributed by atoms with Crippen LogP contribution in [0, 0.1) is 0 Å². The smallest absolute Gasteiger partial charge is 0.312 e. The maximum Gasteiger partial charge on any atom is 0.312 e. The highest BCUT2D eigenvalue weighted by Crippen LogP contribution is 2.28. The molecule has 1 rings (SSSR count). The van der Waals surface area contributed by atoms with Crippen LogP contribution in [-0.4, -0.2) is 8.32 Å². The molecule has 1 aromatic heterocycles. The summed E-state index contributed by atoms with van der Waals surface area (Å²) in [7, 11) is -1.97. The lowest BCUT2D eigenvalue weighted by molar-refractivity contribution is 0.385. The normalized spacial score (nSPS) is 11.2. The molecule has 14 heavy (non-hydrogen) atoms.